The summed E-state index contributed by atoms with van der Waals surface area (Å²) in [5.41, 5.74) is 0.618. The minimum Gasteiger partial charge on any atom is -0.507 e. The van der Waals surface area contributed by atoms with Crippen LogP contribution in [0.1, 0.15) is 17.2 Å². The van der Waals surface area contributed by atoms with Crippen LogP contribution in [0.15, 0.2) is 42.0 Å². The van der Waals surface area contributed by atoms with Crippen molar-refractivity contribution >= 4 is 40.7 Å². The van der Waals surface area contributed by atoms with Crippen molar-refractivity contribution < 1.29 is 24.5 Å². The van der Waals surface area contributed by atoms with Crippen molar-refractivity contribution in [2.45, 2.75) is 6.04 Å². The Morgan fingerprint density at radius 3 is 2.42 bits per heavy atom. The highest BCUT2D eigenvalue weighted by molar-refractivity contribution is 6.46. The number of ether oxygens (including phenoxy) is 1. The smallest absolute Gasteiger partial charge is 0.295 e. The van der Waals surface area contributed by atoms with E-state index in [1.807, 2.05) is 19.0 Å². The number of amides is 1. The topological polar surface area (TPSA) is 90.3 Å². The Hall–Kier alpha value is -2.74. The lowest BCUT2D eigenvalue weighted by molar-refractivity contribution is -0.140. The Labute approximate surface area is 190 Å². The van der Waals surface area contributed by atoms with Crippen LogP contribution in [0.5, 0.6) is 11.5 Å². The van der Waals surface area contributed by atoms with Crippen LogP contribution in [-0.2, 0) is 9.59 Å². The molecule has 164 valence electrons. The largest absolute Gasteiger partial charge is 0.507 e. The van der Waals surface area contributed by atoms with Gasteiger partial charge in [0.05, 0.1) is 28.8 Å². The molecule has 0 radical (unpaired) electrons. The molecular weight excluding hydrogens is 443 g/mol. The molecule has 2 aromatic carbocycles. The molecule has 0 aromatic heterocycles. The third-order valence-electron chi connectivity index (χ3n) is 5.04. The zero-order chi connectivity index (χ0) is 22.9. The fourth-order valence-corrected chi connectivity index (χ4v) is 3.74. The van der Waals surface area contributed by atoms with Gasteiger partial charge in [-0.3, -0.25) is 9.59 Å². The second kappa shape index (κ2) is 9.18. The number of hydrogen-bond acceptors (Lipinski definition) is 6. The molecule has 3 rings (SSSR count). The van der Waals surface area contributed by atoms with Crippen LogP contribution in [0.4, 0.5) is 0 Å². The highest BCUT2D eigenvalue weighted by atomic mass is 35.5. The molecule has 31 heavy (non-hydrogen) atoms. The van der Waals surface area contributed by atoms with E-state index in [1.165, 1.54) is 42.3 Å². The number of aliphatic hydroxyl groups is 1. The van der Waals surface area contributed by atoms with E-state index in [4.69, 9.17) is 27.9 Å². The molecule has 2 N–H and O–H groups in total. The first kappa shape index (κ1) is 22.9. The summed E-state index contributed by atoms with van der Waals surface area (Å²) in [6.07, 6.45) is 0. The van der Waals surface area contributed by atoms with E-state index in [0.717, 1.165) is 0 Å². The number of halogens is 2. The molecule has 9 heteroatoms. The number of rotatable bonds is 6. The van der Waals surface area contributed by atoms with Gasteiger partial charge in [-0.05, 0) is 50.0 Å². The molecule has 0 bridgehead atoms. The zero-order valence-corrected chi connectivity index (χ0v) is 18.7. The molecule has 1 aliphatic heterocycles. The lowest BCUT2D eigenvalue weighted by atomic mass is 9.95. The van der Waals surface area contributed by atoms with Crippen molar-refractivity contribution in [1.82, 2.24) is 9.80 Å². The Kier molecular flexibility index (Phi) is 6.79. The Balaban J connectivity index is 2.18. The van der Waals surface area contributed by atoms with E-state index in [9.17, 15) is 19.8 Å². The van der Waals surface area contributed by atoms with E-state index in [1.54, 1.807) is 6.07 Å². The molecule has 7 nitrogen and oxygen atoms in total. The first-order valence-electron chi connectivity index (χ1n) is 9.41. The Morgan fingerprint density at radius 1 is 1.13 bits per heavy atom. The number of aromatic hydroxyl groups is 1. The van der Waals surface area contributed by atoms with Gasteiger partial charge in [0.15, 0.2) is 11.5 Å². The maximum Gasteiger partial charge on any atom is 0.295 e. The van der Waals surface area contributed by atoms with Crippen molar-refractivity contribution in [2.75, 3.05) is 34.3 Å². The van der Waals surface area contributed by atoms with Crippen LogP contribution in [0.3, 0.4) is 0 Å². The van der Waals surface area contributed by atoms with Crippen LogP contribution in [0.25, 0.3) is 5.76 Å². The molecule has 1 amide bonds. The van der Waals surface area contributed by atoms with E-state index >= 15 is 0 Å². The monoisotopic (exact) mass is 464 g/mol. The summed E-state index contributed by atoms with van der Waals surface area (Å²) in [6, 6.07) is 8.13. The van der Waals surface area contributed by atoms with Crippen LogP contribution in [0, 0.1) is 0 Å². The number of nitrogens with zero attached hydrogens (tertiary/aromatic N) is 2. The van der Waals surface area contributed by atoms with E-state index in [-0.39, 0.29) is 40.0 Å². The van der Waals surface area contributed by atoms with Gasteiger partial charge in [0.2, 0.25) is 0 Å². The van der Waals surface area contributed by atoms with E-state index < -0.39 is 17.7 Å². The first-order chi connectivity index (χ1) is 14.6. The normalized spacial score (nSPS) is 18.1. The molecule has 1 heterocycles. The highest BCUT2D eigenvalue weighted by Gasteiger charge is 2.46. The van der Waals surface area contributed by atoms with Gasteiger partial charge in [-0.1, -0.05) is 29.3 Å². The van der Waals surface area contributed by atoms with Crippen molar-refractivity contribution in [3.63, 3.8) is 0 Å². The number of aliphatic hydroxyl groups excluding tert-OH is 1. The summed E-state index contributed by atoms with van der Waals surface area (Å²) < 4.78 is 5.09. The van der Waals surface area contributed by atoms with E-state index in [0.29, 0.717) is 17.1 Å². The van der Waals surface area contributed by atoms with Gasteiger partial charge >= 0.3 is 0 Å². The predicted molar refractivity (Wildman–Crippen MR) is 119 cm³/mol. The van der Waals surface area contributed by atoms with Gasteiger partial charge in [0.1, 0.15) is 5.76 Å². The standard InChI is InChI=1S/C22H22Cl2N2O5/c1-25(2)8-9-26-19(12-5-7-17(31-3)16(27)11-12)18(21(29)22(26)30)20(28)13-4-6-14(23)15(24)10-13/h4-7,10-11,19,27-28H,8-9H2,1-3H3/b20-18-. The van der Waals surface area contributed by atoms with Gasteiger partial charge in [-0.15, -0.1) is 0 Å². The van der Waals surface area contributed by atoms with Gasteiger partial charge < -0.3 is 24.7 Å². The molecular formula is C22H22Cl2N2O5. The van der Waals surface area contributed by atoms with Crippen LogP contribution in [-0.4, -0.2) is 66.0 Å². The third-order valence-corrected chi connectivity index (χ3v) is 5.78. The SMILES string of the molecule is COc1ccc(C2/C(=C(/O)c3ccc(Cl)c(Cl)c3)C(=O)C(=O)N2CCN(C)C)cc1O. The summed E-state index contributed by atoms with van der Waals surface area (Å²) in [7, 11) is 5.11. The van der Waals surface area contributed by atoms with Crippen molar-refractivity contribution in [3.8, 4) is 11.5 Å². The maximum atomic E-state index is 12.9. The number of phenolic OH excluding ortho intramolecular Hbond substituents is 1. The number of benzene rings is 2. The molecule has 1 unspecified atom stereocenters. The van der Waals surface area contributed by atoms with Crippen LogP contribution in [0.2, 0.25) is 10.0 Å². The van der Waals surface area contributed by atoms with Crippen molar-refractivity contribution in [3.05, 3.63) is 63.1 Å². The lowest BCUT2D eigenvalue weighted by Gasteiger charge is -2.26. The Morgan fingerprint density at radius 2 is 1.84 bits per heavy atom. The number of carbonyl (C=O) groups is 2. The predicted octanol–water partition coefficient (Wildman–Crippen LogP) is 3.69. The molecule has 1 fully saturated rings. The summed E-state index contributed by atoms with van der Waals surface area (Å²) >= 11 is 12.0. The number of methoxy groups -OCH3 is 1. The van der Waals surface area contributed by atoms with Crippen molar-refractivity contribution in [1.29, 1.82) is 0 Å². The zero-order valence-electron chi connectivity index (χ0n) is 17.2. The molecule has 0 saturated carbocycles. The van der Waals surface area contributed by atoms with Gasteiger partial charge in [-0.25, -0.2) is 0 Å². The van der Waals surface area contributed by atoms with Gasteiger partial charge in [0.25, 0.3) is 11.7 Å². The molecule has 1 aliphatic rings. The molecule has 1 saturated heterocycles. The molecule has 0 spiro atoms. The molecule has 1 atom stereocenters. The average molecular weight is 465 g/mol. The second-order valence-electron chi connectivity index (χ2n) is 7.36. The lowest BCUT2D eigenvalue weighted by Crippen LogP contribution is -2.35. The number of likely N-dealkylation sites (tertiary alicyclic amines) is 1. The number of ketones is 1. The summed E-state index contributed by atoms with van der Waals surface area (Å²) in [6.45, 7) is 0.742. The maximum absolute atomic E-state index is 12.9. The van der Waals surface area contributed by atoms with Gasteiger partial charge in [-0.2, -0.15) is 0 Å². The van der Waals surface area contributed by atoms with Crippen LogP contribution < -0.4 is 4.74 Å². The number of Topliss-reactive ketones (excluding diaryl/α,β-unsaturated/α-hetero) is 1. The summed E-state index contributed by atoms with van der Waals surface area (Å²) in [5, 5.41) is 21.8. The quantitative estimate of drug-likeness (QED) is 0.384. The molecule has 2 aromatic rings. The highest BCUT2D eigenvalue weighted by Crippen LogP contribution is 2.42. The average Bonchev–Trinajstić information content (AvgIpc) is 2.98. The second-order valence-corrected chi connectivity index (χ2v) is 8.17. The number of likely N-dealkylation sites (N-methyl/N-ethyl adjacent to an activating group) is 1. The summed E-state index contributed by atoms with van der Waals surface area (Å²) in [5.74, 6) is -1.82. The minimum absolute atomic E-state index is 0.0910. The first-order valence-corrected chi connectivity index (χ1v) is 10.2. The van der Waals surface area contributed by atoms with E-state index in [2.05, 4.69) is 0 Å². The minimum atomic E-state index is -0.897. The fraction of sp³-hybridized carbons (Fsp3) is 0.273. The van der Waals surface area contributed by atoms with Gasteiger partial charge in [0, 0.05) is 18.7 Å². The van der Waals surface area contributed by atoms with Crippen molar-refractivity contribution in [2.24, 2.45) is 0 Å². The fourth-order valence-electron chi connectivity index (χ4n) is 3.44. The number of carbonyl (C=O) groups excluding carboxylic acids is 2. The van der Waals surface area contributed by atoms with Crippen LogP contribution >= 0.6 is 23.2 Å². The number of hydrogen-bond donors (Lipinski definition) is 2. The third kappa shape index (κ3) is 4.49. The Bertz CT molecular complexity index is 1070. The summed E-state index contributed by atoms with van der Waals surface area (Å²) in [4.78, 5) is 29.1. The number of phenols is 1. The molecule has 0 aliphatic carbocycles.